The Morgan fingerprint density at radius 1 is 1.31 bits per heavy atom. The molecule has 1 saturated heterocycles. The van der Waals surface area contributed by atoms with Crippen molar-refractivity contribution in [2.45, 2.75) is 44.7 Å². The van der Waals surface area contributed by atoms with Crippen molar-refractivity contribution in [1.82, 2.24) is 0 Å². The summed E-state index contributed by atoms with van der Waals surface area (Å²) in [6.45, 7) is 7.35. The Morgan fingerprint density at radius 2 is 1.85 bits per heavy atom. The first-order chi connectivity index (χ1) is 6.09. The van der Waals surface area contributed by atoms with E-state index in [0.29, 0.717) is 6.42 Å². The maximum absolute atomic E-state index is 10.4. The summed E-state index contributed by atoms with van der Waals surface area (Å²) in [5, 5.41) is 0. The second kappa shape index (κ2) is 4.03. The zero-order valence-electron chi connectivity index (χ0n) is 8.16. The van der Waals surface area contributed by atoms with Crippen LogP contribution in [-0.2, 0) is 14.3 Å². The van der Waals surface area contributed by atoms with E-state index in [1.54, 1.807) is 6.08 Å². The van der Waals surface area contributed by atoms with Gasteiger partial charge >= 0.3 is 0 Å². The lowest BCUT2D eigenvalue weighted by Crippen LogP contribution is -2.22. The average Bonchev–Trinajstić information content (AvgIpc) is 2.28. The van der Waals surface area contributed by atoms with Crippen LogP contribution < -0.4 is 0 Å². The predicted molar refractivity (Wildman–Crippen MR) is 49.3 cm³/mol. The predicted octanol–water partition coefficient (Wildman–Crippen LogP) is 1.67. The lowest BCUT2D eigenvalue weighted by Gasteiger charge is -2.16. The number of carbonyl (C=O) groups is 1. The van der Waals surface area contributed by atoms with Gasteiger partial charge in [-0.15, -0.1) is 6.58 Å². The smallest absolute Gasteiger partial charge is 0.163 e. The molecule has 0 spiro atoms. The SMILES string of the molecule is C=CCC1OC(C)(C)OC1CC=O. The highest BCUT2D eigenvalue weighted by Crippen LogP contribution is 2.31. The summed E-state index contributed by atoms with van der Waals surface area (Å²) >= 11 is 0. The molecule has 0 amide bonds. The molecule has 0 bridgehead atoms. The molecule has 1 aliphatic heterocycles. The van der Waals surface area contributed by atoms with Crippen molar-refractivity contribution in [3.8, 4) is 0 Å². The molecule has 74 valence electrons. The molecule has 13 heavy (non-hydrogen) atoms. The van der Waals surface area contributed by atoms with Crippen molar-refractivity contribution in [1.29, 1.82) is 0 Å². The highest BCUT2D eigenvalue weighted by molar-refractivity contribution is 5.50. The van der Waals surface area contributed by atoms with Crippen LogP contribution in [0.25, 0.3) is 0 Å². The summed E-state index contributed by atoms with van der Waals surface area (Å²) in [5.41, 5.74) is 0. The quantitative estimate of drug-likeness (QED) is 0.492. The Morgan fingerprint density at radius 3 is 2.31 bits per heavy atom. The second-order valence-corrected chi connectivity index (χ2v) is 3.64. The molecule has 0 radical (unpaired) electrons. The Kier molecular flexibility index (Phi) is 3.22. The molecule has 3 heteroatoms. The molecule has 0 aromatic carbocycles. The summed E-state index contributed by atoms with van der Waals surface area (Å²) in [7, 11) is 0. The van der Waals surface area contributed by atoms with Crippen LogP contribution in [0.2, 0.25) is 0 Å². The lowest BCUT2D eigenvalue weighted by atomic mass is 10.1. The third kappa shape index (κ3) is 2.64. The Hall–Kier alpha value is -0.670. The molecule has 1 heterocycles. The van der Waals surface area contributed by atoms with Crippen LogP contribution in [0.15, 0.2) is 12.7 Å². The van der Waals surface area contributed by atoms with E-state index in [1.165, 1.54) is 0 Å². The first-order valence-corrected chi connectivity index (χ1v) is 4.49. The van der Waals surface area contributed by atoms with E-state index in [4.69, 9.17) is 9.47 Å². The average molecular weight is 184 g/mol. The van der Waals surface area contributed by atoms with Gasteiger partial charge in [-0.25, -0.2) is 0 Å². The van der Waals surface area contributed by atoms with Gasteiger partial charge in [-0.05, 0) is 20.3 Å². The third-order valence-electron chi connectivity index (χ3n) is 2.01. The summed E-state index contributed by atoms with van der Waals surface area (Å²) < 4.78 is 11.2. The van der Waals surface area contributed by atoms with Crippen molar-refractivity contribution in [3.63, 3.8) is 0 Å². The van der Waals surface area contributed by atoms with Gasteiger partial charge in [0.05, 0.1) is 12.2 Å². The van der Waals surface area contributed by atoms with Crippen LogP contribution in [0.5, 0.6) is 0 Å². The monoisotopic (exact) mass is 184 g/mol. The summed E-state index contributed by atoms with van der Waals surface area (Å²) in [6, 6.07) is 0. The number of ether oxygens (including phenoxy) is 2. The van der Waals surface area contributed by atoms with Crippen molar-refractivity contribution < 1.29 is 14.3 Å². The Balaban J connectivity index is 2.59. The number of carbonyl (C=O) groups excluding carboxylic acids is 1. The minimum absolute atomic E-state index is 0.0299. The van der Waals surface area contributed by atoms with Crippen molar-refractivity contribution in [2.24, 2.45) is 0 Å². The molecule has 2 atom stereocenters. The van der Waals surface area contributed by atoms with Crippen LogP contribution in [0.1, 0.15) is 26.7 Å². The van der Waals surface area contributed by atoms with Gasteiger partial charge < -0.3 is 14.3 Å². The van der Waals surface area contributed by atoms with Gasteiger partial charge in [0.1, 0.15) is 6.29 Å². The van der Waals surface area contributed by atoms with Gasteiger partial charge in [-0.1, -0.05) is 6.08 Å². The van der Waals surface area contributed by atoms with Crippen LogP contribution in [-0.4, -0.2) is 24.3 Å². The molecular weight excluding hydrogens is 168 g/mol. The van der Waals surface area contributed by atoms with E-state index in [2.05, 4.69) is 6.58 Å². The second-order valence-electron chi connectivity index (χ2n) is 3.64. The van der Waals surface area contributed by atoms with Crippen LogP contribution in [0.4, 0.5) is 0 Å². The zero-order valence-corrected chi connectivity index (χ0v) is 8.16. The minimum atomic E-state index is -0.568. The molecule has 1 aliphatic rings. The molecular formula is C10H16O3. The minimum Gasteiger partial charge on any atom is -0.344 e. The van der Waals surface area contributed by atoms with E-state index in [9.17, 15) is 4.79 Å². The lowest BCUT2D eigenvalue weighted by molar-refractivity contribution is -0.146. The van der Waals surface area contributed by atoms with Crippen LogP contribution in [0.3, 0.4) is 0 Å². The van der Waals surface area contributed by atoms with Gasteiger partial charge in [0, 0.05) is 6.42 Å². The molecule has 0 aromatic rings. The standard InChI is InChI=1S/C10H16O3/c1-4-5-8-9(6-7-11)13-10(2,3)12-8/h4,7-9H,1,5-6H2,2-3H3. The largest absolute Gasteiger partial charge is 0.344 e. The number of rotatable bonds is 4. The summed E-state index contributed by atoms with van der Waals surface area (Å²) in [5.74, 6) is -0.568. The van der Waals surface area contributed by atoms with Gasteiger partial charge in [0.2, 0.25) is 0 Å². The molecule has 0 N–H and O–H groups in total. The van der Waals surface area contributed by atoms with E-state index in [1.807, 2.05) is 13.8 Å². The summed E-state index contributed by atoms with van der Waals surface area (Å²) in [4.78, 5) is 10.4. The van der Waals surface area contributed by atoms with E-state index in [0.717, 1.165) is 12.7 Å². The fourth-order valence-electron chi connectivity index (χ4n) is 1.57. The van der Waals surface area contributed by atoms with Crippen molar-refractivity contribution in [2.75, 3.05) is 0 Å². The highest BCUT2D eigenvalue weighted by Gasteiger charge is 2.39. The molecule has 3 nitrogen and oxygen atoms in total. The molecule has 0 aromatic heterocycles. The molecule has 1 fully saturated rings. The Bertz CT molecular complexity index is 178. The van der Waals surface area contributed by atoms with Gasteiger partial charge in [-0.2, -0.15) is 0 Å². The molecule has 2 unspecified atom stereocenters. The normalized spacial score (nSPS) is 31.5. The topological polar surface area (TPSA) is 35.5 Å². The van der Waals surface area contributed by atoms with Gasteiger partial charge in [-0.3, -0.25) is 0 Å². The first kappa shape index (κ1) is 10.4. The van der Waals surface area contributed by atoms with E-state index in [-0.39, 0.29) is 12.2 Å². The fraction of sp³-hybridized carbons (Fsp3) is 0.700. The zero-order chi connectivity index (χ0) is 9.90. The Labute approximate surface area is 78.7 Å². The maximum atomic E-state index is 10.4. The number of aldehydes is 1. The van der Waals surface area contributed by atoms with Gasteiger partial charge in [0.15, 0.2) is 5.79 Å². The van der Waals surface area contributed by atoms with E-state index >= 15 is 0 Å². The molecule has 0 aliphatic carbocycles. The van der Waals surface area contributed by atoms with Crippen molar-refractivity contribution >= 4 is 6.29 Å². The highest BCUT2D eigenvalue weighted by atomic mass is 16.7. The van der Waals surface area contributed by atoms with Gasteiger partial charge in [0.25, 0.3) is 0 Å². The number of hydrogen-bond donors (Lipinski definition) is 0. The van der Waals surface area contributed by atoms with Crippen molar-refractivity contribution in [3.05, 3.63) is 12.7 Å². The first-order valence-electron chi connectivity index (χ1n) is 4.49. The maximum Gasteiger partial charge on any atom is 0.163 e. The van der Waals surface area contributed by atoms with Crippen LogP contribution >= 0.6 is 0 Å². The fourth-order valence-corrected chi connectivity index (χ4v) is 1.57. The molecule has 0 saturated carbocycles. The van der Waals surface area contributed by atoms with E-state index < -0.39 is 5.79 Å². The number of hydrogen-bond acceptors (Lipinski definition) is 3. The molecule has 1 rings (SSSR count). The van der Waals surface area contributed by atoms with Crippen LogP contribution in [0, 0.1) is 0 Å². The third-order valence-corrected chi connectivity index (χ3v) is 2.01. The summed E-state index contributed by atoms with van der Waals surface area (Å²) in [6.07, 6.45) is 3.62.